The number of aliphatic hydroxyl groups is 2. The minimum Gasteiger partial charge on any atom is -0.396 e. The Kier molecular flexibility index (Phi) is 6.38. The lowest BCUT2D eigenvalue weighted by Crippen LogP contribution is -2.67. The summed E-state index contributed by atoms with van der Waals surface area (Å²) in [6, 6.07) is 2.14. The van der Waals surface area contributed by atoms with Gasteiger partial charge >= 0.3 is 0 Å². The molecule has 4 aliphatic carbocycles. The van der Waals surface area contributed by atoms with E-state index in [0.29, 0.717) is 12.8 Å². The highest BCUT2D eigenvalue weighted by atomic mass is 16.3. The summed E-state index contributed by atoms with van der Waals surface area (Å²) in [7, 11) is 0. The number of carbonyl (C=O) groups excluding carboxylic acids is 2. The quantitative estimate of drug-likeness (QED) is 0.445. The van der Waals surface area contributed by atoms with Gasteiger partial charge in [-0.3, -0.25) is 9.59 Å². The summed E-state index contributed by atoms with van der Waals surface area (Å²) >= 11 is 0. The first-order valence-electron chi connectivity index (χ1n) is 14.1. The fourth-order valence-corrected chi connectivity index (χ4v) is 8.76. The molecule has 0 aromatic heterocycles. The number of rotatable bonds is 1. The van der Waals surface area contributed by atoms with Gasteiger partial charge in [-0.2, -0.15) is 5.26 Å². The molecular formula is C32H47NO4. The highest BCUT2D eigenvalue weighted by Gasteiger charge is 2.69. The molecule has 5 heteroatoms. The minimum atomic E-state index is -1.51. The number of aliphatic hydroxyl groups excluding tert-OH is 1. The second-order valence-corrected chi connectivity index (χ2v) is 15.2. The Morgan fingerprint density at radius 2 is 1.51 bits per heavy atom. The van der Waals surface area contributed by atoms with Crippen molar-refractivity contribution in [1.29, 1.82) is 5.26 Å². The van der Waals surface area contributed by atoms with E-state index in [4.69, 9.17) is 0 Å². The maximum absolute atomic E-state index is 14.1. The van der Waals surface area contributed by atoms with Gasteiger partial charge in [0.25, 0.3) is 0 Å². The van der Waals surface area contributed by atoms with E-state index in [9.17, 15) is 25.1 Å². The standard InChI is InChI=1S/C32H47NO4/c1-26(2)11-13-28(5,20-34)14-15-31(8)30(7)10-9-22-27(3,4)25(36)21(19-33)18-29(22,6)23(30)17-24(35)32(31,37)16-12-26/h17-18,22,34,37H,9-16,20H2,1-8H3/t22-,28-,29-,30+,31-,32+/m0/s1. The first-order chi connectivity index (χ1) is 16.9. The molecular weight excluding hydrogens is 462 g/mol. The molecule has 2 N–H and O–H groups in total. The second kappa shape index (κ2) is 8.36. The van der Waals surface area contributed by atoms with Crippen LogP contribution in [0.5, 0.6) is 0 Å². The van der Waals surface area contributed by atoms with Crippen LogP contribution >= 0.6 is 0 Å². The average Bonchev–Trinajstić information content (AvgIpc) is 2.83. The third-order valence-corrected chi connectivity index (χ3v) is 12.1. The predicted octanol–water partition coefficient (Wildman–Crippen LogP) is 6.09. The zero-order valence-corrected chi connectivity index (χ0v) is 24.3. The second-order valence-electron chi connectivity index (χ2n) is 15.2. The van der Waals surface area contributed by atoms with E-state index in [2.05, 4.69) is 47.6 Å². The van der Waals surface area contributed by atoms with Gasteiger partial charge in [-0.25, -0.2) is 0 Å². The third kappa shape index (κ3) is 3.76. The van der Waals surface area contributed by atoms with E-state index in [1.165, 1.54) is 0 Å². The highest BCUT2D eigenvalue weighted by molar-refractivity contribution is 6.05. The number of nitrogens with zero attached hydrogens (tertiary/aromatic N) is 1. The van der Waals surface area contributed by atoms with Crippen LogP contribution < -0.4 is 0 Å². The Bertz CT molecular complexity index is 1120. The number of carbonyl (C=O) groups is 2. The number of ketones is 2. The summed E-state index contributed by atoms with van der Waals surface area (Å²) in [6.07, 6.45) is 9.40. The van der Waals surface area contributed by atoms with E-state index >= 15 is 0 Å². The van der Waals surface area contributed by atoms with Gasteiger partial charge in [-0.15, -0.1) is 0 Å². The lowest BCUT2D eigenvalue weighted by atomic mass is 9.37. The van der Waals surface area contributed by atoms with Gasteiger partial charge in [0.15, 0.2) is 11.6 Å². The smallest absolute Gasteiger partial charge is 0.187 e. The highest BCUT2D eigenvalue weighted by Crippen LogP contribution is 2.71. The molecule has 2 saturated carbocycles. The SMILES string of the molecule is CC1(C)CC[C@](C)(CO)CC[C@]2(C)[C@@](O)(CC1)C(=O)C=C1[C@@]3(C)C=C(C#N)C(=O)C(C)(C)[C@@H]3CC[C@]12C. The minimum absolute atomic E-state index is 0.0345. The van der Waals surface area contributed by atoms with E-state index in [1.807, 2.05) is 19.9 Å². The van der Waals surface area contributed by atoms with Crippen LogP contribution in [0.15, 0.2) is 23.3 Å². The molecule has 5 nitrogen and oxygen atoms in total. The van der Waals surface area contributed by atoms with Crippen molar-refractivity contribution in [1.82, 2.24) is 0 Å². The molecule has 0 heterocycles. The number of allylic oxidation sites excluding steroid dienone is 3. The van der Waals surface area contributed by atoms with E-state index in [-0.39, 0.29) is 40.5 Å². The van der Waals surface area contributed by atoms with Gasteiger partial charge in [0.05, 0.1) is 5.57 Å². The number of fused-ring (bicyclic) bond motifs is 5. The van der Waals surface area contributed by atoms with Gasteiger partial charge in [0, 0.05) is 22.9 Å². The summed E-state index contributed by atoms with van der Waals surface area (Å²) < 4.78 is 0. The number of hydrogen-bond donors (Lipinski definition) is 2. The van der Waals surface area contributed by atoms with Crippen LogP contribution in [0.2, 0.25) is 0 Å². The molecule has 0 spiro atoms. The van der Waals surface area contributed by atoms with Crippen molar-refractivity contribution in [2.24, 2.45) is 38.4 Å². The zero-order chi connectivity index (χ0) is 27.9. The van der Waals surface area contributed by atoms with Crippen LogP contribution in [0.25, 0.3) is 0 Å². The van der Waals surface area contributed by atoms with Gasteiger partial charge in [0.2, 0.25) is 0 Å². The molecule has 0 bridgehead atoms. The molecule has 6 atom stereocenters. The Hall–Kier alpha value is -1.77. The van der Waals surface area contributed by atoms with Crippen LogP contribution in [0, 0.1) is 49.7 Å². The molecule has 2 fully saturated rings. The van der Waals surface area contributed by atoms with Crippen molar-refractivity contribution >= 4 is 11.6 Å². The Morgan fingerprint density at radius 3 is 2.11 bits per heavy atom. The van der Waals surface area contributed by atoms with Gasteiger partial charge < -0.3 is 10.2 Å². The van der Waals surface area contributed by atoms with Crippen molar-refractivity contribution < 1.29 is 19.8 Å². The molecule has 4 aliphatic rings. The molecule has 0 aromatic rings. The maximum Gasteiger partial charge on any atom is 0.187 e. The summed E-state index contributed by atoms with van der Waals surface area (Å²) in [5, 5.41) is 32.7. The largest absolute Gasteiger partial charge is 0.396 e. The first kappa shape index (κ1) is 28.2. The van der Waals surface area contributed by atoms with E-state index in [1.54, 1.807) is 6.08 Å². The van der Waals surface area contributed by atoms with E-state index in [0.717, 1.165) is 44.1 Å². The summed E-state index contributed by atoms with van der Waals surface area (Å²) in [4.78, 5) is 27.3. The first-order valence-corrected chi connectivity index (χ1v) is 14.1. The van der Waals surface area contributed by atoms with E-state index < -0.39 is 27.3 Å². The molecule has 0 amide bonds. The Morgan fingerprint density at radius 1 is 0.919 bits per heavy atom. The number of nitriles is 1. The summed E-state index contributed by atoms with van der Waals surface area (Å²) in [6.45, 7) is 16.9. The number of hydrogen-bond acceptors (Lipinski definition) is 5. The molecule has 0 unspecified atom stereocenters. The van der Waals surface area contributed by atoms with Crippen molar-refractivity contribution in [3.8, 4) is 6.07 Å². The molecule has 0 aromatic carbocycles. The number of Topliss-reactive ketones (excluding diaryl/α,β-unsaturated/α-hetero) is 1. The van der Waals surface area contributed by atoms with Crippen LogP contribution in [0.4, 0.5) is 0 Å². The van der Waals surface area contributed by atoms with Gasteiger partial charge in [-0.1, -0.05) is 61.5 Å². The molecule has 204 valence electrons. The Balaban J connectivity index is 1.95. The van der Waals surface area contributed by atoms with Crippen LogP contribution in [0.1, 0.15) is 107 Å². The maximum atomic E-state index is 14.1. The fraction of sp³-hybridized carbons (Fsp3) is 0.781. The van der Waals surface area contributed by atoms with Crippen LogP contribution in [-0.2, 0) is 9.59 Å². The Labute approximate surface area is 223 Å². The molecule has 37 heavy (non-hydrogen) atoms. The van der Waals surface area contributed by atoms with Gasteiger partial charge in [-0.05, 0) is 85.2 Å². The van der Waals surface area contributed by atoms with Gasteiger partial charge in [0.1, 0.15) is 11.7 Å². The predicted molar refractivity (Wildman–Crippen MR) is 144 cm³/mol. The van der Waals surface area contributed by atoms with Crippen molar-refractivity contribution in [3.63, 3.8) is 0 Å². The monoisotopic (exact) mass is 509 g/mol. The van der Waals surface area contributed by atoms with Crippen LogP contribution in [-0.4, -0.2) is 34.0 Å². The topological polar surface area (TPSA) is 98.4 Å². The summed E-state index contributed by atoms with van der Waals surface area (Å²) in [5.74, 6) is -0.396. The van der Waals surface area contributed by atoms with Crippen molar-refractivity contribution in [2.45, 2.75) is 112 Å². The lowest BCUT2D eigenvalue weighted by molar-refractivity contribution is -0.184. The lowest BCUT2D eigenvalue weighted by Gasteiger charge is -2.66. The van der Waals surface area contributed by atoms with Crippen LogP contribution in [0.3, 0.4) is 0 Å². The molecule has 0 aliphatic heterocycles. The average molecular weight is 510 g/mol. The van der Waals surface area contributed by atoms with Crippen molar-refractivity contribution in [3.05, 3.63) is 23.3 Å². The summed E-state index contributed by atoms with van der Waals surface area (Å²) in [5.41, 5.74) is -3.34. The normalized spacial score (nSPS) is 45.4. The molecule has 0 radical (unpaired) electrons. The van der Waals surface area contributed by atoms with Crippen molar-refractivity contribution in [2.75, 3.05) is 6.61 Å². The third-order valence-electron chi connectivity index (χ3n) is 12.1. The molecule has 0 saturated heterocycles. The zero-order valence-electron chi connectivity index (χ0n) is 24.3. The fourth-order valence-electron chi connectivity index (χ4n) is 8.76. The molecule has 4 rings (SSSR count).